The highest BCUT2D eigenvalue weighted by Crippen LogP contribution is 2.45. The highest BCUT2D eigenvalue weighted by Gasteiger charge is 2.48. The van der Waals surface area contributed by atoms with Crippen molar-refractivity contribution in [2.75, 3.05) is 0 Å². The number of carbonyl (C=O) groups is 1. The van der Waals surface area contributed by atoms with E-state index in [0.29, 0.717) is 6.42 Å². The molecule has 1 aromatic carbocycles. The Morgan fingerprint density at radius 2 is 1.81 bits per heavy atom. The minimum Gasteiger partial charge on any atom is -0.481 e. The van der Waals surface area contributed by atoms with E-state index in [4.69, 9.17) is 5.11 Å². The molecule has 16 heavy (non-hydrogen) atoms. The minimum atomic E-state index is -1.61. The van der Waals surface area contributed by atoms with E-state index in [1.54, 1.807) is 0 Å². The van der Waals surface area contributed by atoms with Gasteiger partial charge in [0.05, 0.1) is 5.41 Å². The summed E-state index contributed by atoms with van der Waals surface area (Å²) in [4.78, 5) is 11.1. The maximum Gasteiger partial charge on any atom is 0.314 e. The number of benzene rings is 1. The van der Waals surface area contributed by atoms with Gasteiger partial charge >= 0.3 is 5.97 Å². The average molecular weight is 230 g/mol. The largest absolute Gasteiger partial charge is 0.481 e. The molecule has 1 fully saturated rings. The summed E-state index contributed by atoms with van der Waals surface area (Å²) in [7, 11) is 0. The van der Waals surface area contributed by atoms with E-state index < -0.39 is 28.8 Å². The molecule has 86 valence electrons. The lowest BCUT2D eigenvalue weighted by molar-refractivity contribution is -0.147. The molecule has 0 bridgehead atoms. The summed E-state index contributed by atoms with van der Waals surface area (Å²) in [5.41, 5.74) is -1.64. The van der Waals surface area contributed by atoms with Gasteiger partial charge in [0.2, 0.25) is 0 Å². The quantitative estimate of drug-likeness (QED) is 0.793. The standard InChI is InChI=1S/C11H9F3O2/c12-7-3-2-6(8(13)9(7)14)11(10(15)16)4-1-5-11/h2-3H,1,4-5H2,(H,15,16). The fourth-order valence-electron chi connectivity index (χ4n) is 2.02. The molecule has 0 radical (unpaired) electrons. The topological polar surface area (TPSA) is 37.3 Å². The van der Waals surface area contributed by atoms with E-state index in [2.05, 4.69) is 0 Å². The summed E-state index contributed by atoms with van der Waals surface area (Å²) in [5.74, 6) is -5.49. The van der Waals surface area contributed by atoms with Gasteiger partial charge in [-0.3, -0.25) is 4.79 Å². The molecule has 0 heterocycles. The summed E-state index contributed by atoms with van der Waals surface area (Å²) >= 11 is 0. The van der Waals surface area contributed by atoms with Crippen molar-refractivity contribution in [2.45, 2.75) is 24.7 Å². The van der Waals surface area contributed by atoms with E-state index in [1.807, 2.05) is 0 Å². The Morgan fingerprint density at radius 3 is 2.25 bits per heavy atom. The Kier molecular flexibility index (Phi) is 2.40. The molecule has 0 amide bonds. The van der Waals surface area contributed by atoms with E-state index in [9.17, 15) is 18.0 Å². The zero-order valence-electron chi connectivity index (χ0n) is 8.27. The first-order chi connectivity index (χ1) is 7.49. The minimum absolute atomic E-state index is 0.254. The fraction of sp³-hybridized carbons (Fsp3) is 0.364. The SMILES string of the molecule is O=C(O)C1(c2ccc(F)c(F)c2F)CCC1. The molecule has 5 heteroatoms. The molecule has 2 rings (SSSR count). The van der Waals surface area contributed by atoms with Gasteiger partial charge in [-0.05, 0) is 18.9 Å². The van der Waals surface area contributed by atoms with Crippen molar-refractivity contribution in [3.05, 3.63) is 35.1 Å². The Balaban J connectivity index is 2.56. The zero-order chi connectivity index (χ0) is 11.9. The molecule has 0 saturated heterocycles. The van der Waals surface area contributed by atoms with Crippen LogP contribution in [0.3, 0.4) is 0 Å². The second-order valence-electron chi connectivity index (χ2n) is 3.96. The highest BCUT2D eigenvalue weighted by atomic mass is 19.2. The number of halogens is 3. The predicted octanol–water partition coefficient (Wildman–Crippen LogP) is 2.61. The molecule has 1 N–H and O–H groups in total. The van der Waals surface area contributed by atoms with E-state index >= 15 is 0 Å². The smallest absolute Gasteiger partial charge is 0.314 e. The number of hydrogen-bond acceptors (Lipinski definition) is 1. The number of carboxylic acids is 1. The van der Waals surface area contributed by atoms with Gasteiger partial charge in [-0.15, -0.1) is 0 Å². The van der Waals surface area contributed by atoms with Crippen molar-refractivity contribution in [2.24, 2.45) is 0 Å². The lowest BCUT2D eigenvalue weighted by atomic mass is 9.64. The molecule has 0 aliphatic heterocycles. The van der Waals surface area contributed by atoms with Crippen LogP contribution >= 0.6 is 0 Å². The normalized spacial score (nSPS) is 17.9. The van der Waals surface area contributed by atoms with Gasteiger partial charge < -0.3 is 5.11 Å². The van der Waals surface area contributed by atoms with Crippen molar-refractivity contribution in [1.82, 2.24) is 0 Å². The molecular weight excluding hydrogens is 221 g/mol. The van der Waals surface area contributed by atoms with Crippen LogP contribution in [0, 0.1) is 17.5 Å². The number of rotatable bonds is 2. The Hall–Kier alpha value is -1.52. The van der Waals surface area contributed by atoms with Gasteiger partial charge in [-0.25, -0.2) is 13.2 Å². The lowest BCUT2D eigenvalue weighted by Crippen LogP contribution is -2.43. The van der Waals surface area contributed by atoms with Crippen molar-refractivity contribution >= 4 is 5.97 Å². The first-order valence-electron chi connectivity index (χ1n) is 4.86. The molecule has 0 unspecified atom stereocenters. The van der Waals surface area contributed by atoms with Crippen LogP contribution in [0.2, 0.25) is 0 Å². The Bertz CT molecular complexity index is 453. The van der Waals surface area contributed by atoms with E-state index in [0.717, 1.165) is 12.1 Å². The maximum atomic E-state index is 13.5. The molecule has 1 saturated carbocycles. The second kappa shape index (κ2) is 3.50. The third-order valence-corrected chi connectivity index (χ3v) is 3.17. The van der Waals surface area contributed by atoms with Gasteiger partial charge in [-0.2, -0.15) is 0 Å². The zero-order valence-corrected chi connectivity index (χ0v) is 8.27. The predicted molar refractivity (Wildman–Crippen MR) is 49.5 cm³/mol. The van der Waals surface area contributed by atoms with Gasteiger partial charge in [0.25, 0.3) is 0 Å². The maximum absolute atomic E-state index is 13.5. The van der Waals surface area contributed by atoms with Crippen LogP contribution in [-0.2, 0) is 10.2 Å². The molecule has 2 nitrogen and oxygen atoms in total. The fourth-order valence-corrected chi connectivity index (χ4v) is 2.02. The van der Waals surface area contributed by atoms with Crippen LogP contribution in [0.5, 0.6) is 0 Å². The molecule has 1 aromatic rings. The lowest BCUT2D eigenvalue weighted by Gasteiger charge is -2.38. The summed E-state index contributed by atoms with van der Waals surface area (Å²) < 4.78 is 39.2. The van der Waals surface area contributed by atoms with Crippen LogP contribution in [0.1, 0.15) is 24.8 Å². The van der Waals surface area contributed by atoms with Crippen molar-refractivity contribution in [3.63, 3.8) is 0 Å². The van der Waals surface area contributed by atoms with Gasteiger partial charge in [0, 0.05) is 5.56 Å². The first kappa shape index (κ1) is 11.0. The number of aliphatic carboxylic acids is 1. The van der Waals surface area contributed by atoms with Crippen LogP contribution in [0.15, 0.2) is 12.1 Å². The van der Waals surface area contributed by atoms with Crippen LogP contribution in [0.25, 0.3) is 0 Å². The second-order valence-corrected chi connectivity index (χ2v) is 3.96. The average Bonchev–Trinajstić information content (AvgIpc) is 2.16. The number of carboxylic acid groups (broad SMARTS) is 1. The number of hydrogen-bond donors (Lipinski definition) is 1. The Labute approximate surface area is 89.7 Å². The molecule has 0 spiro atoms. The van der Waals surface area contributed by atoms with Gasteiger partial charge in [0.15, 0.2) is 17.5 Å². The van der Waals surface area contributed by atoms with Crippen molar-refractivity contribution in [1.29, 1.82) is 0 Å². The third-order valence-electron chi connectivity index (χ3n) is 3.17. The highest BCUT2D eigenvalue weighted by molar-refractivity contribution is 5.82. The third kappa shape index (κ3) is 1.31. The molecular formula is C11H9F3O2. The van der Waals surface area contributed by atoms with E-state index in [1.165, 1.54) is 0 Å². The molecule has 1 aliphatic carbocycles. The molecule has 1 aliphatic rings. The molecule has 0 atom stereocenters. The van der Waals surface area contributed by atoms with Crippen LogP contribution < -0.4 is 0 Å². The van der Waals surface area contributed by atoms with Crippen LogP contribution in [-0.4, -0.2) is 11.1 Å². The molecule has 0 aromatic heterocycles. The Morgan fingerprint density at radius 1 is 1.19 bits per heavy atom. The van der Waals surface area contributed by atoms with Gasteiger partial charge in [-0.1, -0.05) is 12.5 Å². The monoisotopic (exact) mass is 230 g/mol. The van der Waals surface area contributed by atoms with E-state index in [-0.39, 0.29) is 18.4 Å². The van der Waals surface area contributed by atoms with Gasteiger partial charge in [0.1, 0.15) is 0 Å². The summed E-state index contributed by atoms with van der Waals surface area (Å²) in [6.45, 7) is 0. The summed E-state index contributed by atoms with van der Waals surface area (Å²) in [6.07, 6.45) is 1.15. The summed E-state index contributed by atoms with van der Waals surface area (Å²) in [6, 6.07) is 1.78. The van der Waals surface area contributed by atoms with Crippen molar-refractivity contribution in [3.8, 4) is 0 Å². The van der Waals surface area contributed by atoms with Crippen molar-refractivity contribution < 1.29 is 23.1 Å². The summed E-state index contributed by atoms with van der Waals surface area (Å²) in [5, 5.41) is 9.04. The van der Waals surface area contributed by atoms with Crippen LogP contribution in [0.4, 0.5) is 13.2 Å². The first-order valence-corrected chi connectivity index (χ1v) is 4.86.